The van der Waals surface area contributed by atoms with Crippen molar-refractivity contribution in [2.45, 2.75) is 50.4 Å². The highest BCUT2D eigenvalue weighted by molar-refractivity contribution is 5.78. The molecule has 0 aliphatic carbocycles. The first-order chi connectivity index (χ1) is 13.1. The highest BCUT2D eigenvalue weighted by Gasteiger charge is 2.46. The second-order valence-corrected chi connectivity index (χ2v) is 6.98. The third-order valence-corrected chi connectivity index (χ3v) is 5.21. The summed E-state index contributed by atoms with van der Waals surface area (Å²) in [4.78, 5) is 8.43. The third-order valence-electron chi connectivity index (χ3n) is 5.21. The molecule has 7 heteroatoms. The smallest absolute Gasteiger partial charge is 0.164 e. The number of ether oxygens (including phenoxy) is 1. The first-order valence-corrected chi connectivity index (χ1v) is 9.08. The summed E-state index contributed by atoms with van der Waals surface area (Å²) < 4.78 is 7.56. The molecule has 142 valence electrons. The van der Waals surface area contributed by atoms with E-state index in [1.807, 2.05) is 43.3 Å². The molecule has 5 unspecified atom stereocenters. The fourth-order valence-corrected chi connectivity index (χ4v) is 3.66. The lowest BCUT2D eigenvalue weighted by Crippen LogP contribution is -2.38. The summed E-state index contributed by atoms with van der Waals surface area (Å²) in [7, 11) is 0. The van der Waals surface area contributed by atoms with Crippen LogP contribution in [0, 0.1) is 6.92 Å². The van der Waals surface area contributed by atoms with E-state index in [0.29, 0.717) is 18.5 Å². The molecule has 3 N–H and O–H groups in total. The number of aliphatic hydroxyl groups is 3. The molecule has 1 aliphatic rings. The van der Waals surface area contributed by atoms with Gasteiger partial charge in [-0.1, -0.05) is 30.3 Å². The van der Waals surface area contributed by atoms with Crippen molar-refractivity contribution < 1.29 is 20.1 Å². The Balaban J connectivity index is 1.51. The Morgan fingerprint density at radius 1 is 1.11 bits per heavy atom. The highest BCUT2D eigenvalue weighted by Crippen LogP contribution is 2.34. The SMILES string of the molecule is Cc1ncnc2c1ccn2C1OC(C(O)CCc2ccccc2)C(O)C1O. The van der Waals surface area contributed by atoms with Gasteiger partial charge in [-0.2, -0.15) is 0 Å². The number of aryl methyl sites for hydroxylation is 2. The van der Waals surface area contributed by atoms with Crippen LogP contribution in [0.15, 0.2) is 48.9 Å². The minimum Gasteiger partial charge on any atom is -0.390 e. The molecule has 1 aliphatic heterocycles. The van der Waals surface area contributed by atoms with Gasteiger partial charge in [0, 0.05) is 11.6 Å². The van der Waals surface area contributed by atoms with Gasteiger partial charge in [0.25, 0.3) is 0 Å². The Morgan fingerprint density at radius 3 is 2.67 bits per heavy atom. The van der Waals surface area contributed by atoms with Crippen LogP contribution in [-0.2, 0) is 11.2 Å². The predicted octanol–water partition coefficient (Wildman–Crippen LogP) is 1.35. The van der Waals surface area contributed by atoms with E-state index in [1.54, 1.807) is 10.8 Å². The first-order valence-electron chi connectivity index (χ1n) is 9.08. The van der Waals surface area contributed by atoms with Crippen LogP contribution < -0.4 is 0 Å². The van der Waals surface area contributed by atoms with Crippen molar-refractivity contribution >= 4 is 11.0 Å². The van der Waals surface area contributed by atoms with Crippen molar-refractivity contribution in [1.82, 2.24) is 14.5 Å². The Morgan fingerprint density at radius 2 is 1.89 bits per heavy atom. The molecule has 27 heavy (non-hydrogen) atoms. The third kappa shape index (κ3) is 3.35. The molecule has 0 radical (unpaired) electrons. The molecule has 0 saturated carbocycles. The molecule has 7 nitrogen and oxygen atoms in total. The molecule has 1 saturated heterocycles. The lowest BCUT2D eigenvalue weighted by atomic mass is 9.99. The van der Waals surface area contributed by atoms with Crippen LogP contribution in [0.1, 0.15) is 23.9 Å². The van der Waals surface area contributed by atoms with Crippen LogP contribution >= 0.6 is 0 Å². The Hall–Kier alpha value is -2.32. The van der Waals surface area contributed by atoms with Crippen molar-refractivity contribution in [2.75, 3.05) is 0 Å². The molecule has 3 heterocycles. The van der Waals surface area contributed by atoms with Crippen LogP contribution in [0.5, 0.6) is 0 Å². The maximum Gasteiger partial charge on any atom is 0.164 e. The lowest BCUT2D eigenvalue weighted by molar-refractivity contribution is -0.0850. The van der Waals surface area contributed by atoms with Gasteiger partial charge < -0.3 is 24.6 Å². The van der Waals surface area contributed by atoms with Gasteiger partial charge in [-0.15, -0.1) is 0 Å². The molecular weight excluding hydrogens is 346 g/mol. The van der Waals surface area contributed by atoms with Gasteiger partial charge in [0.1, 0.15) is 30.3 Å². The molecule has 1 aromatic carbocycles. The van der Waals surface area contributed by atoms with Gasteiger partial charge in [0.15, 0.2) is 6.23 Å². The molecule has 1 fully saturated rings. The summed E-state index contributed by atoms with van der Waals surface area (Å²) in [6.45, 7) is 1.88. The lowest BCUT2D eigenvalue weighted by Gasteiger charge is -2.21. The molecule has 4 rings (SSSR count). The second-order valence-electron chi connectivity index (χ2n) is 6.98. The van der Waals surface area contributed by atoms with Gasteiger partial charge in [-0.05, 0) is 31.4 Å². The minimum atomic E-state index is -1.18. The quantitative estimate of drug-likeness (QED) is 0.628. The summed E-state index contributed by atoms with van der Waals surface area (Å²) in [5.74, 6) is 0. The van der Waals surface area contributed by atoms with E-state index >= 15 is 0 Å². The van der Waals surface area contributed by atoms with Crippen molar-refractivity contribution in [2.24, 2.45) is 0 Å². The largest absolute Gasteiger partial charge is 0.390 e. The molecule has 0 amide bonds. The Kier molecular flexibility index (Phi) is 4.92. The van der Waals surface area contributed by atoms with Crippen LogP contribution in [0.4, 0.5) is 0 Å². The number of aromatic nitrogens is 3. The molecule has 5 atom stereocenters. The van der Waals surface area contributed by atoms with E-state index in [-0.39, 0.29) is 0 Å². The van der Waals surface area contributed by atoms with E-state index in [0.717, 1.165) is 16.6 Å². The zero-order chi connectivity index (χ0) is 19.0. The Bertz CT molecular complexity index is 914. The number of nitrogens with zero attached hydrogens (tertiary/aromatic N) is 3. The van der Waals surface area contributed by atoms with E-state index in [9.17, 15) is 15.3 Å². The monoisotopic (exact) mass is 369 g/mol. The van der Waals surface area contributed by atoms with Gasteiger partial charge in [0.2, 0.25) is 0 Å². The highest BCUT2D eigenvalue weighted by atomic mass is 16.6. The normalized spacial score (nSPS) is 26.5. The Labute approximate surface area is 156 Å². The number of fused-ring (bicyclic) bond motifs is 1. The number of rotatable bonds is 5. The molecule has 0 spiro atoms. The fourth-order valence-electron chi connectivity index (χ4n) is 3.66. The standard InChI is InChI=1S/C20H23N3O4/c1-12-14-9-10-23(19(14)22-11-21-12)20-17(26)16(25)18(27-20)15(24)8-7-13-5-3-2-4-6-13/h2-6,9-11,15-18,20,24-26H,7-8H2,1H3. The predicted molar refractivity (Wildman–Crippen MR) is 99.0 cm³/mol. The van der Waals surface area contributed by atoms with Crippen molar-refractivity contribution in [3.63, 3.8) is 0 Å². The minimum absolute atomic E-state index is 0.429. The topological polar surface area (TPSA) is 101 Å². The average molecular weight is 369 g/mol. The number of hydrogen-bond donors (Lipinski definition) is 3. The van der Waals surface area contributed by atoms with Crippen LogP contribution in [0.2, 0.25) is 0 Å². The summed E-state index contributed by atoms with van der Waals surface area (Å²) in [6, 6.07) is 11.7. The summed E-state index contributed by atoms with van der Waals surface area (Å²) in [5, 5.41) is 32.3. The van der Waals surface area contributed by atoms with Gasteiger partial charge in [-0.3, -0.25) is 0 Å². The van der Waals surface area contributed by atoms with E-state index < -0.39 is 30.6 Å². The van der Waals surface area contributed by atoms with Gasteiger partial charge >= 0.3 is 0 Å². The number of benzene rings is 1. The van der Waals surface area contributed by atoms with Gasteiger partial charge in [-0.25, -0.2) is 9.97 Å². The van der Waals surface area contributed by atoms with Crippen LogP contribution in [0.25, 0.3) is 11.0 Å². The molecule has 3 aromatic rings. The first kappa shape index (κ1) is 18.1. The van der Waals surface area contributed by atoms with Crippen LogP contribution in [-0.4, -0.2) is 54.3 Å². The number of hydrogen-bond acceptors (Lipinski definition) is 6. The second kappa shape index (κ2) is 7.36. The van der Waals surface area contributed by atoms with Crippen molar-refractivity contribution in [1.29, 1.82) is 0 Å². The summed E-state index contributed by atoms with van der Waals surface area (Å²) in [5.41, 5.74) is 2.55. The fraction of sp³-hybridized carbons (Fsp3) is 0.400. The summed E-state index contributed by atoms with van der Waals surface area (Å²) in [6.07, 6.45) is -0.611. The number of aliphatic hydroxyl groups excluding tert-OH is 3. The van der Waals surface area contributed by atoms with Crippen molar-refractivity contribution in [3.05, 3.63) is 60.2 Å². The van der Waals surface area contributed by atoms with Gasteiger partial charge in [0.05, 0.1) is 11.8 Å². The zero-order valence-corrected chi connectivity index (χ0v) is 15.0. The average Bonchev–Trinajstić information content (AvgIpc) is 3.23. The zero-order valence-electron chi connectivity index (χ0n) is 15.0. The van der Waals surface area contributed by atoms with Crippen LogP contribution in [0.3, 0.4) is 0 Å². The van der Waals surface area contributed by atoms with E-state index in [4.69, 9.17) is 4.74 Å². The summed E-state index contributed by atoms with van der Waals surface area (Å²) >= 11 is 0. The molecule has 0 bridgehead atoms. The van der Waals surface area contributed by atoms with E-state index in [1.165, 1.54) is 6.33 Å². The van der Waals surface area contributed by atoms with E-state index in [2.05, 4.69) is 9.97 Å². The molecule has 2 aromatic heterocycles. The molecular formula is C20H23N3O4. The van der Waals surface area contributed by atoms with Crippen molar-refractivity contribution in [3.8, 4) is 0 Å². The maximum absolute atomic E-state index is 10.5. The maximum atomic E-state index is 10.5.